The van der Waals surface area contributed by atoms with Crippen LogP contribution >= 0.6 is 12.2 Å². The van der Waals surface area contributed by atoms with Gasteiger partial charge >= 0.3 is 10.1 Å². The van der Waals surface area contributed by atoms with Gasteiger partial charge in [0.2, 0.25) is 0 Å². The lowest BCUT2D eigenvalue weighted by Crippen LogP contribution is -2.34. The molecule has 0 bridgehead atoms. The van der Waals surface area contributed by atoms with Crippen molar-refractivity contribution in [3.63, 3.8) is 0 Å². The van der Waals surface area contributed by atoms with Crippen molar-refractivity contribution in [1.82, 2.24) is 5.43 Å². The Hall–Kier alpha value is -0.770. The van der Waals surface area contributed by atoms with Crippen LogP contribution in [-0.4, -0.2) is 23.6 Å². The average molecular weight is 200 g/mol. The molecule has 0 aromatic heterocycles. The number of hydrogen-bond donors (Lipinski definition) is 5. The predicted octanol–water partition coefficient (Wildman–Crippen LogP) is -1.83. The Kier molecular flexibility index (Phi) is 6.99. The van der Waals surface area contributed by atoms with Crippen LogP contribution in [0.3, 0.4) is 0 Å². The molecule has 11 heavy (non-hydrogen) atoms. The summed E-state index contributed by atoms with van der Waals surface area (Å²) in [6.45, 7) is 0. The number of hydrogen-bond acceptors (Lipinski definition) is 5. The van der Waals surface area contributed by atoms with Gasteiger partial charge in [0.15, 0.2) is 5.11 Å². The van der Waals surface area contributed by atoms with Crippen LogP contribution in [0.1, 0.15) is 0 Å². The Balaban J connectivity index is 0. The smallest absolute Gasteiger partial charge is 0.304 e. The van der Waals surface area contributed by atoms with E-state index in [1.165, 1.54) is 0 Å². The summed E-state index contributed by atoms with van der Waals surface area (Å²) in [4.78, 5) is 0. The zero-order chi connectivity index (χ0) is 9.49. The quantitative estimate of drug-likeness (QED) is 0.0836. The minimum Gasteiger partial charge on any atom is -0.375 e. The molecule has 7 N–H and O–H groups in total. The molecule has 0 rings (SSSR count). The van der Waals surface area contributed by atoms with Gasteiger partial charge in [0.1, 0.15) is 5.55 Å². The van der Waals surface area contributed by atoms with Crippen molar-refractivity contribution >= 4 is 33.0 Å². The first-order chi connectivity index (χ1) is 4.83. The van der Waals surface area contributed by atoms with Crippen LogP contribution in [0.25, 0.3) is 0 Å². The SMILES string of the molecule is N=CS(=O)(=O)O.NNC(N)=S. The normalized spacial score (nSPS) is 8.91. The highest BCUT2D eigenvalue weighted by atomic mass is 32.2. The number of thiocarbonyl (C=S) groups is 1. The van der Waals surface area contributed by atoms with Gasteiger partial charge in [0.25, 0.3) is 0 Å². The number of hydrazine groups is 1. The van der Waals surface area contributed by atoms with Crippen LogP contribution in [0.2, 0.25) is 0 Å². The molecule has 7 nitrogen and oxygen atoms in total. The molecule has 0 heterocycles. The Morgan fingerprint density at radius 3 is 1.91 bits per heavy atom. The molecular formula is C2H8N4O3S2. The summed E-state index contributed by atoms with van der Waals surface area (Å²) < 4.78 is 26.2. The van der Waals surface area contributed by atoms with E-state index in [4.69, 9.17) is 15.7 Å². The monoisotopic (exact) mass is 200 g/mol. The van der Waals surface area contributed by atoms with Crippen molar-refractivity contribution < 1.29 is 13.0 Å². The highest BCUT2D eigenvalue weighted by Gasteiger charge is 1.90. The second-order valence-corrected chi connectivity index (χ2v) is 2.85. The fourth-order valence-corrected chi connectivity index (χ4v) is 0. The van der Waals surface area contributed by atoms with E-state index in [-0.39, 0.29) is 10.7 Å². The number of nitrogens with two attached hydrogens (primary N) is 2. The number of nitrogens with one attached hydrogen (secondary N) is 2. The summed E-state index contributed by atoms with van der Waals surface area (Å²) >= 11 is 4.24. The molecule has 0 aliphatic rings. The maximum absolute atomic E-state index is 9.31. The molecule has 0 fully saturated rings. The molecule has 0 amide bonds. The van der Waals surface area contributed by atoms with Crippen LogP contribution < -0.4 is 17.0 Å². The maximum atomic E-state index is 9.31. The van der Waals surface area contributed by atoms with E-state index in [1.54, 1.807) is 0 Å². The molecule has 0 saturated carbocycles. The lowest BCUT2D eigenvalue weighted by Gasteiger charge is -1.85. The molecule has 0 spiro atoms. The van der Waals surface area contributed by atoms with Crippen LogP contribution in [0.15, 0.2) is 0 Å². The Morgan fingerprint density at radius 2 is 1.91 bits per heavy atom. The van der Waals surface area contributed by atoms with Crippen molar-refractivity contribution in [2.45, 2.75) is 0 Å². The van der Waals surface area contributed by atoms with Gasteiger partial charge in [-0.25, -0.2) is 5.84 Å². The van der Waals surface area contributed by atoms with E-state index in [1.807, 2.05) is 5.43 Å². The summed E-state index contributed by atoms with van der Waals surface area (Å²) in [7, 11) is -4.12. The minimum atomic E-state index is -4.12. The highest BCUT2D eigenvalue weighted by Crippen LogP contribution is 1.65. The molecular weight excluding hydrogens is 192 g/mol. The zero-order valence-electron chi connectivity index (χ0n) is 5.31. The third kappa shape index (κ3) is 27.0. The lowest BCUT2D eigenvalue weighted by molar-refractivity contribution is 0.499. The van der Waals surface area contributed by atoms with Crippen molar-refractivity contribution in [2.24, 2.45) is 11.6 Å². The third-order valence-electron chi connectivity index (χ3n) is 0.291. The summed E-state index contributed by atoms with van der Waals surface area (Å²) in [6.07, 6.45) is 0. The van der Waals surface area contributed by atoms with E-state index in [2.05, 4.69) is 18.1 Å². The Morgan fingerprint density at radius 1 is 1.73 bits per heavy atom. The van der Waals surface area contributed by atoms with Crippen molar-refractivity contribution in [3.05, 3.63) is 0 Å². The van der Waals surface area contributed by atoms with Crippen molar-refractivity contribution in [2.75, 3.05) is 0 Å². The van der Waals surface area contributed by atoms with Gasteiger partial charge in [0, 0.05) is 0 Å². The van der Waals surface area contributed by atoms with E-state index < -0.39 is 10.1 Å². The van der Waals surface area contributed by atoms with E-state index >= 15 is 0 Å². The molecule has 0 aromatic rings. The predicted molar refractivity (Wildman–Crippen MR) is 44.4 cm³/mol. The standard InChI is InChI=1S/CH5N3S.CH3NO3S/c2-1(5)4-3;2-1-6(3,4)5/h3H2,(H3,2,4,5);1-2H,(H,3,4,5). The van der Waals surface area contributed by atoms with Gasteiger partial charge in [-0.15, -0.1) is 0 Å². The molecule has 0 atom stereocenters. The largest absolute Gasteiger partial charge is 0.375 e. The van der Waals surface area contributed by atoms with Crippen LogP contribution in [-0.2, 0) is 10.1 Å². The first-order valence-electron chi connectivity index (χ1n) is 2.07. The molecule has 0 aliphatic heterocycles. The topological polar surface area (TPSA) is 142 Å². The van der Waals surface area contributed by atoms with Gasteiger partial charge in [-0.1, -0.05) is 0 Å². The van der Waals surface area contributed by atoms with Gasteiger partial charge in [-0.05, 0) is 12.2 Å². The van der Waals surface area contributed by atoms with E-state index in [0.29, 0.717) is 0 Å². The Bertz CT molecular complexity index is 210. The summed E-state index contributed by atoms with van der Waals surface area (Å²) in [6, 6.07) is 0. The van der Waals surface area contributed by atoms with Gasteiger partial charge in [-0.2, -0.15) is 8.42 Å². The van der Waals surface area contributed by atoms with Crippen molar-refractivity contribution in [1.29, 1.82) is 5.41 Å². The lowest BCUT2D eigenvalue weighted by atomic mass is 11.2. The molecule has 0 aromatic carbocycles. The fourth-order valence-electron chi connectivity index (χ4n) is 0. The molecule has 0 saturated heterocycles. The van der Waals surface area contributed by atoms with Crippen LogP contribution in [0.4, 0.5) is 0 Å². The summed E-state index contributed by atoms with van der Waals surface area (Å²) in [5.41, 5.74) is 6.79. The molecule has 0 aliphatic carbocycles. The third-order valence-corrected chi connectivity index (χ3v) is 0.707. The second-order valence-electron chi connectivity index (χ2n) is 1.14. The second kappa shape index (κ2) is 5.97. The van der Waals surface area contributed by atoms with Gasteiger partial charge in [0.05, 0.1) is 0 Å². The molecule has 0 unspecified atom stereocenters. The summed E-state index contributed by atoms with van der Waals surface area (Å²) in [5, 5.41) is 6.01. The van der Waals surface area contributed by atoms with E-state index in [9.17, 15) is 8.42 Å². The first kappa shape index (κ1) is 12.9. The van der Waals surface area contributed by atoms with Gasteiger partial charge < -0.3 is 11.2 Å². The fraction of sp³-hybridized carbons (Fsp3) is 0. The minimum absolute atomic E-state index is 0.0347. The van der Waals surface area contributed by atoms with Gasteiger partial charge in [-0.3, -0.25) is 9.96 Å². The average Bonchev–Trinajstić information content (AvgIpc) is 1.88. The van der Waals surface area contributed by atoms with Crippen LogP contribution in [0.5, 0.6) is 0 Å². The number of rotatable bonds is 1. The van der Waals surface area contributed by atoms with E-state index in [0.717, 1.165) is 0 Å². The van der Waals surface area contributed by atoms with Crippen molar-refractivity contribution in [3.8, 4) is 0 Å². The first-order valence-corrected chi connectivity index (χ1v) is 3.98. The molecule has 0 radical (unpaired) electrons. The molecule has 66 valence electrons. The Labute approximate surface area is 69.0 Å². The summed E-state index contributed by atoms with van der Waals surface area (Å²) in [5.74, 6) is 4.66. The zero-order valence-corrected chi connectivity index (χ0v) is 6.95. The highest BCUT2D eigenvalue weighted by molar-refractivity contribution is 7.99. The molecule has 9 heteroatoms. The maximum Gasteiger partial charge on any atom is 0.304 e. The van der Waals surface area contributed by atoms with Crippen LogP contribution in [0, 0.1) is 5.41 Å².